The summed E-state index contributed by atoms with van der Waals surface area (Å²) in [5.41, 5.74) is 9.56. The van der Waals surface area contributed by atoms with Crippen LogP contribution < -0.4 is 5.73 Å². The maximum absolute atomic E-state index is 12.5. The second kappa shape index (κ2) is 5.83. The quantitative estimate of drug-likeness (QED) is 0.857. The number of nitrogens with zero attached hydrogens (tertiary/aromatic N) is 1. The number of nitrogen functional groups attached to an aromatic ring is 1. The molecule has 3 rings (SSSR count). The predicted molar refractivity (Wildman–Crippen MR) is 85.8 cm³/mol. The van der Waals surface area contributed by atoms with E-state index in [1.807, 2.05) is 35.2 Å². The maximum Gasteiger partial charge on any atom is 0.256 e. The van der Waals surface area contributed by atoms with Crippen molar-refractivity contribution in [3.8, 4) is 0 Å². The van der Waals surface area contributed by atoms with Gasteiger partial charge in [0.05, 0.1) is 5.56 Å². The van der Waals surface area contributed by atoms with Gasteiger partial charge in [0.25, 0.3) is 5.91 Å². The van der Waals surface area contributed by atoms with Crippen LogP contribution >= 0.6 is 0 Å². The van der Waals surface area contributed by atoms with Gasteiger partial charge in [0.1, 0.15) is 0 Å². The Morgan fingerprint density at radius 3 is 2.38 bits per heavy atom. The molecule has 0 aromatic heterocycles. The molecule has 1 aliphatic rings. The molecule has 0 saturated carbocycles. The highest BCUT2D eigenvalue weighted by molar-refractivity contribution is 5.99. The summed E-state index contributed by atoms with van der Waals surface area (Å²) in [5.74, 6) is 0.0106. The van der Waals surface area contributed by atoms with E-state index in [1.54, 1.807) is 12.1 Å². The zero-order chi connectivity index (χ0) is 14.7. The molecule has 0 radical (unpaired) electrons. The van der Waals surface area contributed by atoms with E-state index in [4.69, 9.17) is 5.73 Å². The summed E-state index contributed by atoms with van der Waals surface area (Å²) in [6.07, 6.45) is 3.01. The summed E-state index contributed by atoms with van der Waals surface area (Å²) in [6.45, 7) is 1.37. The normalized spacial score (nSPS) is 14.7. The number of carbonyl (C=O) groups is 1. The van der Waals surface area contributed by atoms with Crippen LogP contribution in [0, 0.1) is 0 Å². The number of anilines is 1. The van der Waals surface area contributed by atoms with Gasteiger partial charge < -0.3 is 10.6 Å². The molecular weight excluding hydrogens is 260 g/mol. The van der Waals surface area contributed by atoms with Crippen molar-refractivity contribution in [2.75, 3.05) is 18.8 Å². The molecule has 3 heteroatoms. The fourth-order valence-corrected chi connectivity index (χ4v) is 2.63. The highest BCUT2D eigenvalue weighted by atomic mass is 16.2. The van der Waals surface area contributed by atoms with Crippen LogP contribution in [0.1, 0.15) is 22.3 Å². The third-order valence-electron chi connectivity index (χ3n) is 3.83. The molecule has 2 aromatic rings. The number of amides is 1. The fraction of sp³-hybridized carbons (Fsp3) is 0.167. The first-order valence-corrected chi connectivity index (χ1v) is 7.14. The number of carbonyl (C=O) groups excluding carboxylic acids is 1. The second-order valence-corrected chi connectivity index (χ2v) is 5.18. The van der Waals surface area contributed by atoms with Gasteiger partial charge in [-0.2, -0.15) is 0 Å². The predicted octanol–water partition coefficient (Wildman–Crippen LogP) is 3.20. The summed E-state index contributed by atoms with van der Waals surface area (Å²) in [6, 6.07) is 17.6. The minimum Gasteiger partial charge on any atom is -0.398 e. The molecule has 21 heavy (non-hydrogen) atoms. The van der Waals surface area contributed by atoms with Crippen molar-refractivity contribution in [3.05, 3.63) is 71.8 Å². The zero-order valence-electron chi connectivity index (χ0n) is 11.8. The number of hydrogen-bond donors (Lipinski definition) is 1. The number of rotatable bonds is 2. The Bertz CT molecular complexity index is 677. The van der Waals surface area contributed by atoms with Crippen molar-refractivity contribution in [1.29, 1.82) is 0 Å². The van der Waals surface area contributed by atoms with Gasteiger partial charge in [0.15, 0.2) is 0 Å². The van der Waals surface area contributed by atoms with Crippen molar-refractivity contribution in [3.63, 3.8) is 0 Å². The zero-order valence-corrected chi connectivity index (χ0v) is 11.8. The lowest BCUT2D eigenvalue weighted by Gasteiger charge is -2.27. The van der Waals surface area contributed by atoms with Gasteiger partial charge in [-0.15, -0.1) is 0 Å². The summed E-state index contributed by atoms with van der Waals surface area (Å²) < 4.78 is 0. The van der Waals surface area contributed by atoms with E-state index in [1.165, 1.54) is 11.1 Å². The molecule has 1 heterocycles. The fourth-order valence-electron chi connectivity index (χ4n) is 2.63. The lowest BCUT2D eigenvalue weighted by molar-refractivity contribution is 0.0774. The van der Waals surface area contributed by atoms with Crippen LogP contribution in [0.15, 0.2) is 60.7 Å². The van der Waals surface area contributed by atoms with Gasteiger partial charge in [-0.1, -0.05) is 48.5 Å². The first-order valence-electron chi connectivity index (χ1n) is 7.14. The summed E-state index contributed by atoms with van der Waals surface area (Å²) in [4.78, 5) is 14.3. The van der Waals surface area contributed by atoms with Gasteiger partial charge in [-0.05, 0) is 29.7 Å². The van der Waals surface area contributed by atoms with Crippen LogP contribution in [-0.2, 0) is 0 Å². The monoisotopic (exact) mass is 278 g/mol. The first-order chi connectivity index (χ1) is 10.3. The second-order valence-electron chi connectivity index (χ2n) is 5.18. The lowest BCUT2D eigenvalue weighted by atomic mass is 9.99. The highest BCUT2D eigenvalue weighted by Gasteiger charge is 2.20. The minimum absolute atomic E-state index is 0.0106. The molecule has 2 aromatic carbocycles. The topological polar surface area (TPSA) is 46.3 Å². The third-order valence-corrected chi connectivity index (χ3v) is 3.83. The molecule has 1 amide bonds. The van der Waals surface area contributed by atoms with Crippen LogP contribution in [0.3, 0.4) is 0 Å². The van der Waals surface area contributed by atoms with E-state index in [0.717, 1.165) is 13.0 Å². The van der Waals surface area contributed by atoms with Gasteiger partial charge in [-0.25, -0.2) is 0 Å². The van der Waals surface area contributed by atoms with Gasteiger partial charge in [0.2, 0.25) is 0 Å². The largest absolute Gasteiger partial charge is 0.398 e. The van der Waals surface area contributed by atoms with Crippen LogP contribution in [0.4, 0.5) is 5.69 Å². The SMILES string of the molecule is Nc1ccccc1C(=O)N1CC=C(c2ccccc2)CC1. The Hall–Kier alpha value is -2.55. The van der Waals surface area contributed by atoms with Crippen molar-refractivity contribution in [2.24, 2.45) is 0 Å². The Balaban J connectivity index is 1.75. The van der Waals surface area contributed by atoms with Crippen LogP contribution in [0.5, 0.6) is 0 Å². The molecular formula is C18H18N2O. The Morgan fingerprint density at radius 1 is 1.00 bits per heavy atom. The number of hydrogen-bond acceptors (Lipinski definition) is 2. The van der Waals surface area contributed by atoms with E-state index in [-0.39, 0.29) is 5.91 Å². The van der Waals surface area contributed by atoms with E-state index >= 15 is 0 Å². The van der Waals surface area contributed by atoms with Crippen LogP contribution in [-0.4, -0.2) is 23.9 Å². The van der Waals surface area contributed by atoms with Crippen LogP contribution in [0.25, 0.3) is 5.57 Å². The Morgan fingerprint density at radius 2 is 1.71 bits per heavy atom. The van der Waals surface area contributed by atoms with Gasteiger partial charge >= 0.3 is 0 Å². The van der Waals surface area contributed by atoms with Crippen molar-refractivity contribution in [2.45, 2.75) is 6.42 Å². The molecule has 0 unspecified atom stereocenters. The molecule has 3 nitrogen and oxygen atoms in total. The third kappa shape index (κ3) is 2.82. The molecule has 0 saturated heterocycles. The molecule has 1 aliphatic heterocycles. The van der Waals surface area contributed by atoms with Gasteiger partial charge in [0, 0.05) is 18.8 Å². The standard InChI is InChI=1S/C18H18N2O/c19-17-9-5-4-8-16(17)18(21)20-12-10-15(11-13-20)14-6-2-1-3-7-14/h1-10H,11-13,19H2. The van der Waals surface area contributed by atoms with E-state index in [0.29, 0.717) is 17.8 Å². The van der Waals surface area contributed by atoms with Crippen LogP contribution in [0.2, 0.25) is 0 Å². The highest BCUT2D eigenvalue weighted by Crippen LogP contribution is 2.23. The molecule has 2 N–H and O–H groups in total. The number of para-hydroxylation sites is 1. The summed E-state index contributed by atoms with van der Waals surface area (Å²) in [7, 11) is 0. The molecule has 106 valence electrons. The molecule has 0 atom stereocenters. The Labute approximate surface area is 124 Å². The summed E-state index contributed by atoms with van der Waals surface area (Å²) in [5, 5.41) is 0. The van der Waals surface area contributed by atoms with Crippen molar-refractivity contribution >= 4 is 17.2 Å². The smallest absolute Gasteiger partial charge is 0.256 e. The number of benzene rings is 2. The van der Waals surface area contributed by atoms with Gasteiger partial charge in [-0.3, -0.25) is 4.79 Å². The number of nitrogens with two attached hydrogens (primary N) is 1. The molecule has 0 bridgehead atoms. The van der Waals surface area contributed by atoms with E-state index < -0.39 is 0 Å². The maximum atomic E-state index is 12.5. The molecule has 0 spiro atoms. The molecule has 0 aliphatic carbocycles. The average Bonchev–Trinajstić information content (AvgIpc) is 2.56. The van der Waals surface area contributed by atoms with E-state index in [9.17, 15) is 4.79 Å². The first kappa shape index (κ1) is 13.4. The average molecular weight is 278 g/mol. The van der Waals surface area contributed by atoms with Crippen molar-refractivity contribution < 1.29 is 4.79 Å². The van der Waals surface area contributed by atoms with Crippen molar-refractivity contribution in [1.82, 2.24) is 4.90 Å². The minimum atomic E-state index is 0.0106. The lowest BCUT2D eigenvalue weighted by Crippen LogP contribution is -2.35. The summed E-state index contributed by atoms with van der Waals surface area (Å²) >= 11 is 0. The van der Waals surface area contributed by atoms with E-state index in [2.05, 4.69) is 18.2 Å². The molecule has 0 fully saturated rings. The Kier molecular flexibility index (Phi) is 3.73.